The summed E-state index contributed by atoms with van der Waals surface area (Å²) in [5.41, 5.74) is 1.06. The monoisotopic (exact) mass is 266 g/mol. The molecular formula is C14H26N4O. The molecule has 1 N–H and O–H groups in total. The molecule has 0 unspecified atom stereocenters. The van der Waals surface area contributed by atoms with Crippen LogP contribution in [0.5, 0.6) is 0 Å². The number of anilines is 2. The Kier molecular flexibility index (Phi) is 6.02. The number of ether oxygens (including phenoxy) is 1. The van der Waals surface area contributed by atoms with Crippen molar-refractivity contribution in [3.05, 3.63) is 11.8 Å². The molecule has 5 nitrogen and oxygen atoms in total. The van der Waals surface area contributed by atoms with Gasteiger partial charge in [0.1, 0.15) is 5.82 Å². The fourth-order valence-corrected chi connectivity index (χ4v) is 1.55. The van der Waals surface area contributed by atoms with Crippen LogP contribution < -0.4 is 10.2 Å². The molecule has 1 saturated heterocycles. The van der Waals surface area contributed by atoms with Crippen LogP contribution in [0.25, 0.3) is 0 Å². The summed E-state index contributed by atoms with van der Waals surface area (Å²) in [6.45, 7) is 9.80. The molecule has 0 aromatic carbocycles. The van der Waals surface area contributed by atoms with Gasteiger partial charge in [0, 0.05) is 20.2 Å². The first-order valence-corrected chi connectivity index (χ1v) is 6.97. The predicted octanol–water partition coefficient (Wildman–Crippen LogP) is 2.50. The van der Waals surface area contributed by atoms with Gasteiger partial charge in [-0.25, -0.2) is 4.98 Å². The highest BCUT2D eigenvalue weighted by atomic mass is 16.5. The van der Waals surface area contributed by atoms with Gasteiger partial charge in [-0.3, -0.25) is 0 Å². The fourth-order valence-electron chi connectivity index (χ4n) is 1.55. The molecule has 1 aliphatic rings. The molecule has 0 amide bonds. The highest BCUT2D eigenvalue weighted by Gasteiger charge is 2.19. The lowest BCUT2D eigenvalue weighted by Gasteiger charge is -2.28. The smallest absolute Gasteiger partial charge is 0.227 e. The van der Waals surface area contributed by atoms with E-state index in [1.54, 1.807) is 0 Å². The van der Waals surface area contributed by atoms with E-state index in [9.17, 15) is 0 Å². The van der Waals surface area contributed by atoms with Crippen molar-refractivity contribution in [3.8, 4) is 0 Å². The predicted molar refractivity (Wildman–Crippen MR) is 80.0 cm³/mol. The third-order valence-electron chi connectivity index (χ3n) is 2.72. The van der Waals surface area contributed by atoms with Crippen LogP contribution in [0.15, 0.2) is 6.07 Å². The number of rotatable bonds is 4. The second kappa shape index (κ2) is 7.28. The minimum Gasteiger partial charge on any atom is -0.377 e. The summed E-state index contributed by atoms with van der Waals surface area (Å²) in [4.78, 5) is 10.9. The summed E-state index contributed by atoms with van der Waals surface area (Å²) in [5, 5.41) is 3.37. The van der Waals surface area contributed by atoms with Gasteiger partial charge in [0.15, 0.2) is 0 Å². The van der Waals surface area contributed by atoms with E-state index in [2.05, 4.69) is 29.1 Å². The maximum absolute atomic E-state index is 5.15. The van der Waals surface area contributed by atoms with Gasteiger partial charge in [-0.15, -0.1) is 0 Å². The van der Waals surface area contributed by atoms with E-state index in [-0.39, 0.29) is 0 Å². The van der Waals surface area contributed by atoms with Gasteiger partial charge in [-0.2, -0.15) is 4.98 Å². The van der Waals surface area contributed by atoms with Gasteiger partial charge in [-0.05, 0) is 5.92 Å². The van der Waals surface area contributed by atoms with Gasteiger partial charge >= 0.3 is 0 Å². The van der Waals surface area contributed by atoms with Crippen molar-refractivity contribution in [2.24, 2.45) is 0 Å². The molecule has 1 aromatic heterocycles. The Morgan fingerprint density at radius 3 is 2.32 bits per heavy atom. The van der Waals surface area contributed by atoms with Crippen LogP contribution in [0.2, 0.25) is 0 Å². The molecule has 0 saturated carbocycles. The fraction of sp³-hybridized carbons (Fsp3) is 0.714. The molecule has 1 aromatic rings. The standard InChI is InChI=1S/C12H20N4O.C2H6/c1-8(2)10-5-11(13-9-6-17-7-9)15-12(14-10)16(3)4;1-2/h5,8-9H,6-7H2,1-4H3,(H,13,14,15);1-2H3. The van der Waals surface area contributed by atoms with Gasteiger partial charge in [0.2, 0.25) is 5.95 Å². The molecule has 2 rings (SSSR count). The van der Waals surface area contributed by atoms with Crippen LogP contribution in [0, 0.1) is 0 Å². The third kappa shape index (κ3) is 4.35. The molecule has 1 fully saturated rings. The molecule has 0 aliphatic carbocycles. The van der Waals surface area contributed by atoms with Crippen molar-refractivity contribution in [2.45, 2.75) is 39.7 Å². The van der Waals surface area contributed by atoms with Crippen molar-refractivity contribution < 1.29 is 4.74 Å². The number of aromatic nitrogens is 2. The Morgan fingerprint density at radius 2 is 1.89 bits per heavy atom. The quantitative estimate of drug-likeness (QED) is 0.907. The molecule has 2 heterocycles. The Bertz CT molecular complexity index is 363. The van der Waals surface area contributed by atoms with Crippen LogP contribution in [-0.2, 0) is 4.74 Å². The first kappa shape index (κ1) is 15.7. The Hall–Kier alpha value is -1.36. The van der Waals surface area contributed by atoms with E-state index >= 15 is 0 Å². The maximum atomic E-state index is 5.15. The molecule has 19 heavy (non-hydrogen) atoms. The Balaban J connectivity index is 0.000000861. The van der Waals surface area contributed by atoms with Gasteiger partial charge in [-0.1, -0.05) is 27.7 Å². The van der Waals surface area contributed by atoms with Crippen molar-refractivity contribution >= 4 is 11.8 Å². The van der Waals surface area contributed by atoms with Gasteiger partial charge in [0.05, 0.1) is 24.9 Å². The second-order valence-electron chi connectivity index (χ2n) is 4.91. The largest absolute Gasteiger partial charge is 0.377 e. The number of hydrogen-bond donors (Lipinski definition) is 1. The zero-order chi connectivity index (χ0) is 14.4. The molecule has 1 aliphatic heterocycles. The number of nitrogens with one attached hydrogen (secondary N) is 1. The van der Waals surface area contributed by atoms with Crippen molar-refractivity contribution in [3.63, 3.8) is 0 Å². The van der Waals surface area contributed by atoms with Crippen molar-refractivity contribution in [2.75, 3.05) is 37.5 Å². The zero-order valence-corrected chi connectivity index (χ0v) is 12.9. The van der Waals surface area contributed by atoms with Crippen LogP contribution in [0.4, 0.5) is 11.8 Å². The van der Waals surface area contributed by atoms with Crippen LogP contribution in [0.3, 0.4) is 0 Å². The summed E-state index contributed by atoms with van der Waals surface area (Å²) in [6, 6.07) is 2.41. The summed E-state index contributed by atoms with van der Waals surface area (Å²) in [7, 11) is 3.91. The third-order valence-corrected chi connectivity index (χ3v) is 2.72. The number of hydrogen-bond acceptors (Lipinski definition) is 5. The van der Waals surface area contributed by atoms with E-state index < -0.39 is 0 Å². The topological polar surface area (TPSA) is 50.3 Å². The second-order valence-corrected chi connectivity index (χ2v) is 4.91. The van der Waals surface area contributed by atoms with E-state index in [1.807, 2.05) is 38.9 Å². The van der Waals surface area contributed by atoms with E-state index in [1.165, 1.54) is 0 Å². The SMILES string of the molecule is CC.CC(C)c1cc(NC2COC2)nc(N(C)C)n1. The van der Waals surface area contributed by atoms with E-state index in [4.69, 9.17) is 4.74 Å². The van der Waals surface area contributed by atoms with Crippen molar-refractivity contribution in [1.29, 1.82) is 0 Å². The zero-order valence-electron chi connectivity index (χ0n) is 12.9. The van der Waals surface area contributed by atoms with Crippen molar-refractivity contribution in [1.82, 2.24) is 9.97 Å². The summed E-state index contributed by atoms with van der Waals surface area (Å²) in [6.07, 6.45) is 0. The van der Waals surface area contributed by atoms with Gasteiger partial charge < -0.3 is 15.0 Å². The molecule has 108 valence electrons. The minimum atomic E-state index is 0.389. The minimum absolute atomic E-state index is 0.389. The van der Waals surface area contributed by atoms with E-state index in [0.717, 1.165) is 30.7 Å². The van der Waals surface area contributed by atoms with Gasteiger partial charge in [0.25, 0.3) is 0 Å². The average molecular weight is 266 g/mol. The van der Waals surface area contributed by atoms with Crippen LogP contribution in [0.1, 0.15) is 39.3 Å². The molecule has 0 spiro atoms. The lowest BCUT2D eigenvalue weighted by Crippen LogP contribution is -2.40. The maximum Gasteiger partial charge on any atom is 0.227 e. The lowest BCUT2D eigenvalue weighted by atomic mass is 10.1. The molecule has 0 radical (unpaired) electrons. The lowest BCUT2D eigenvalue weighted by molar-refractivity contribution is 0.0209. The molecular weight excluding hydrogens is 240 g/mol. The first-order chi connectivity index (χ1) is 9.06. The summed E-state index contributed by atoms with van der Waals surface area (Å²) < 4.78 is 5.15. The van der Waals surface area contributed by atoms with E-state index in [0.29, 0.717) is 12.0 Å². The summed E-state index contributed by atoms with van der Waals surface area (Å²) in [5.74, 6) is 2.04. The molecule has 5 heteroatoms. The normalized spacial score (nSPS) is 14.5. The average Bonchev–Trinajstić information content (AvgIpc) is 2.36. The molecule has 0 atom stereocenters. The summed E-state index contributed by atoms with van der Waals surface area (Å²) >= 11 is 0. The molecule has 0 bridgehead atoms. The van der Waals surface area contributed by atoms with Crippen LogP contribution in [-0.4, -0.2) is 43.3 Å². The highest BCUT2D eigenvalue weighted by molar-refractivity contribution is 5.44. The Morgan fingerprint density at radius 1 is 1.26 bits per heavy atom. The number of nitrogens with zero attached hydrogens (tertiary/aromatic N) is 3. The van der Waals surface area contributed by atoms with Crippen LogP contribution >= 0.6 is 0 Å². The highest BCUT2D eigenvalue weighted by Crippen LogP contribution is 2.20. The Labute approximate surface area is 116 Å². The first-order valence-electron chi connectivity index (χ1n) is 6.97.